The van der Waals surface area contributed by atoms with Gasteiger partial charge in [0.25, 0.3) is 0 Å². The molecule has 1 unspecified atom stereocenters. The molecule has 0 bridgehead atoms. The van der Waals surface area contributed by atoms with E-state index < -0.39 is 0 Å². The Balaban J connectivity index is 3.21. The van der Waals surface area contributed by atoms with Crippen molar-refractivity contribution >= 4 is 11.8 Å². The number of rotatable bonds is 7. The summed E-state index contributed by atoms with van der Waals surface area (Å²) in [4.78, 5) is 0. The lowest BCUT2D eigenvalue weighted by Gasteiger charge is -2.21. The summed E-state index contributed by atoms with van der Waals surface area (Å²) in [6.07, 6.45) is 2.16. The van der Waals surface area contributed by atoms with Crippen molar-refractivity contribution in [1.82, 2.24) is 10.6 Å². The minimum atomic E-state index is 0.243. The lowest BCUT2D eigenvalue weighted by molar-refractivity contribution is 0.417. The summed E-state index contributed by atoms with van der Waals surface area (Å²) < 4.78 is 0. The molecule has 0 aromatic carbocycles. The van der Waals surface area contributed by atoms with Crippen LogP contribution in [-0.4, -0.2) is 37.2 Å². The topological polar surface area (TPSA) is 24.1 Å². The molecule has 0 spiro atoms. The summed E-state index contributed by atoms with van der Waals surface area (Å²) in [6, 6.07) is 0. The minimum Gasteiger partial charge on any atom is -0.315 e. The Morgan fingerprint density at radius 2 is 1.86 bits per heavy atom. The van der Waals surface area contributed by atoms with E-state index in [1.807, 2.05) is 11.8 Å². The summed E-state index contributed by atoms with van der Waals surface area (Å²) in [5, 5.41) is 6.93. The molecule has 0 fully saturated rings. The third-order valence-corrected chi connectivity index (χ3v) is 2.80. The van der Waals surface area contributed by atoms with Gasteiger partial charge in [0, 0.05) is 18.6 Å². The number of thioether (sulfide) groups is 1. The van der Waals surface area contributed by atoms with Gasteiger partial charge in [-0.15, -0.1) is 0 Å². The molecular formula is C11H26N2S. The van der Waals surface area contributed by atoms with Crippen LogP contribution in [0.25, 0.3) is 0 Å². The lowest BCUT2D eigenvalue weighted by atomic mass is 10.1. The zero-order valence-electron chi connectivity index (χ0n) is 10.3. The molecule has 2 N–H and O–H groups in total. The molecule has 3 heteroatoms. The molecule has 1 atom stereocenters. The molecule has 2 nitrogen and oxygen atoms in total. The predicted molar refractivity (Wildman–Crippen MR) is 68.2 cm³/mol. The number of nitrogens with one attached hydrogen (secondary N) is 2. The van der Waals surface area contributed by atoms with E-state index in [1.54, 1.807) is 0 Å². The Bertz CT molecular complexity index is 132. The van der Waals surface area contributed by atoms with Crippen molar-refractivity contribution in [3.05, 3.63) is 0 Å². The quantitative estimate of drug-likeness (QED) is 0.639. The van der Waals surface area contributed by atoms with Crippen LogP contribution < -0.4 is 10.6 Å². The molecule has 0 aliphatic rings. The highest BCUT2D eigenvalue weighted by Crippen LogP contribution is 2.02. The molecule has 14 heavy (non-hydrogen) atoms. The molecule has 0 aliphatic carbocycles. The fourth-order valence-electron chi connectivity index (χ4n) is 1.22. The van der Waals surface area contributed by atoms with Crippen LogP contribution in [0.4, 0.5) is 0 Å². The fraction of sp³-hybridized carbons (Fsp3) is 1.00. The van der Waals surface area contributed by atoms with E-state index in [0.29, 0.717) is 0 Å². The molecular weight excluding hydrogens is 192 g/mol. The zero-order chi connectivity index (χ0) is 11.0. The predicted octanol–water partition coefficient (Wildman–Crippen LogP) is 1.96. The Morgan fingerprint density at radius 1 is 1.21 bits per heavy atom. The van der Waals surface area contributed by atoms with Crippen molar-refractivity contribution in [2.24, 2.45) is 5.92 Å². The lowest BCUT2D eigenvalue weighted by Crippen LogP contribution is -2.40. The monoisotopic (exact) mass is 218 g/mol. The highest BCUT2D eigenvalue weighted by atomic mass is 32.2. The molecule has 0 rings (SSSR count). The number of hydrogen-bond donors (Lipinski definition) is 2. The molecule has 86 valence electrons. The van der Waals surface area contributed by atoms with Gasteiger partial charge in [-0.2, -0.15) is 11.8 Å². The van der Waals surface area contributed by atoms with E-state index in [4.69, 9.17) is 0 Å². The van der Waals surface area contributed by atoms with Crippen molar-refractivity contribution < 1.29 is 0 Å². The van der Waals surface area contributed by atoms with Crippen LogP contribution >= 0.6 is 11.8 Å². The SMILES string of the molecule is CSCC(C)CNCCNC(C)(C)C. The van der Waals surface area contributed by atoms with Gasteiger partial charge in [-0.1, -0.05) is 6.92 Å². The molecule has 0 heterocycles. The fourth-order valence-corrected chi connectivity index (χ4v) is 1.90. The summed E-state index contributed by atoms with van der Waals surface area (Å²) in [7, 11) is 0. The van der Waals surface area contributed by atoms with E-state index in [2.05, 4.69) is 44.6 Å². The van der Waals surface area contributed by atoms with Crippen LogP contribution in [0, 0.1) is 5.92 Å². The maximum atomic E-state index is 3.47. The maximum absolute atomic E-state index is 3.47. The molecule has 0 amide bonds. The second-order valence-electron chi connectivity index (χ2n) is 4.94. The second-order valence-corrected chi connectivity index (χ2v) is 5.85. The van der Waals surface area contributed by atoms with Crippen LogP contribution in [0.15, 0.2) is 0 Å². The van der Waals surface area contributed by atoms with E-state index in [0.717, 1.165) is 25.6 Å². The Kier molecular flexibility index (Phi) is 7.69. The molecule has 0 saturated heterocycles. The Labute approximate surface area is 93.6 Å². The van der Waals surface area contributed by atoms with Crippen molar-refractivity contribution in [2.45, 2.75) is 33.2 Å². The first-order valence-corrected chi connectivity index (χ1v) is 6.80. The summed E-state index contributed by atoms with van der Waals surface area (Å²) in [6.45, 7) is 12.1. The minimum absolute atomic E-state index is 0.243. The van der Waals surface area contributed by atoms with Gasteiger partial charge in [0.15, 0.2) is 0 Å². The highest BCUT2D eigenvalue weighted by molar-refractivity contribution is 7.98. The number of hydrogen-bond acceptors (Lipinski definition) is 3. The third kappa shape index (κ3) is 10.4. The molecule has 0 saturated carbocycles. The normalized spacial score (nSPS) is 14.4. The van der Waals surface area contributed by atoms with Crippen molar-refractivity contribution in [2.75, 3.05) is 31.6 Å². The van der Waals surface area contributed by atoms with E-state index in [9.17, 15) is 0 Å². The summed E-state index contributed by atoms with van der Waals surface area (Å²) in [5.74, 6) is 2.03. The van der Waals surface area contributed by atoms with Crippen LogP contribution in [0.1, 0.15) is 27.7 Å². The van der Waals surface area contributed by atoms with Gasteiger partial charge in [-0.3, -0.25) is 0 Å². The van der Waals surface area contributed by atoms with Crippen LogP contribution in [0.3, 0.4) is 0 Å². The van der Waals surface area contributed by atoms with Gasteiger partial charge in [0.05, 0.1) is 0 Å². The van der Waals surface area contributed by atoms with Gasteiger partial charge in [0.1, 0.15) is 0 Å². The van der Waals surface area contributed by atoms with Crippen molar-refractivity contribution in [3.63, 3.8) is 0 Å². The summed E-state index contributed by atoms with van der Waals surface area (Å²) in [5.41, 5.74) is 0.243. The summed E-state index contributed by atoms with van der Waals surface area (Å²) >= 11 is 1.92. The van der Waals surface area contributed by atoms with Gasteiger partial charge >= 0.3 is 0 Å². The van der Waals surface area contributed by atoms with Gasteiger partial charge < -0.3 is 10.6 Å². The molecule has 0 aromatic heterocycles. The average Bonchev–Trinajstić information content (AvgIpc) is 2.02. The van der Waals surface area contributed by atoms with Crippen molar-refractivity contribution in [1.29, 1.82) is 0 Å². The first-order valence-electron chi connectivity index (χ1n) is 5.40. The van der Waals surface area contributed by atoms with Crippen LogP contribution in [0.2, 0.25) is 0 Å². The average molecular weight is 218 g/mol. The first kappa shape index (κ1) is 14.3. The smallest absolute Gasteiger partial charge is 0.00970 e. The van der Waals surface area contributed by atoms with Gasteiger partial charge in [-0.25, -0.2) is 0 Å². The standard InChI is InChI=1S/C11H26N2S/c1-10(9-14-5)8-12-6-7-13-11(2,3)4/h10,12-13H,6-9H2,1-5H3. The Morgan fingerprint density at radius 3 is 2.36 bits per heavy atom. The third-order valence-electron chi connectivity index (χ3n) is 1.90. The largest absolute Gasteiger partial charge is 0.315 e. The van der Waals surface area contributed by atoms with E-state index in [-0.39, 0.29) is 5.54 Å². The Hall–Kier alpha value is 0.270. The van der Waals surface area contributed by atoms with Gasteiger partial charge in [0.2, 0.25) is 0 Å². The van der Waals surface area contributed by atoms with Crippen LogP contribution in [0.5, 0.6) is 0 Å². The molecule has 0 radical (unpaired) electrons. The molecule has 0 aromatic rings. The van der Waals surface area contributed by atoms with Gasteiger partial charge in [-0.05, 0) is 45.2 Å². The zero-order valence-corrected chi connectivity index (χ0v) is 11.1. The van der Waals surface area contributed by atoms with Crippen LogP contribution in [-0.2, 0) is 0 Å². The molecule has 0 aliphatic heterocycles. The van der Waals surface area contributed by atoms with E-state index >= 15 is 0 Å². The van der Waals surface area contributed by atoms with Crippen molar-refractivity contribution in [3.8, 4) is 0 Å². The first-order chi connectivity index (χ1) is 6.45. The second kappa shape index (κ2) is 7.55. The maximum Gasteiger partial charge on any atom is 0.00970 e. The van der Waals surface area contributed by atoms with E-state index in [1.165, 1.54) is 5.75 Å². The highest BCUT2D eigenvalue weighted by Gasteiger charge is 2.07.